The molecule has 1 atom stereocenters. The fourth-order valence-corrected chi connectivity index (χ4v) is 3.09. The van der Waals surface area contributed by atoms with Crippen LogP contribution in [0.4, 0.5) is 5.69 Å². The molecule has 0 bridgehead atoms. The summed E-state index contributed by atoms with van der Waals surface area (Å²) in [5.74, 6) is 0.239. The number of fused-ring (bicyclic) bond motifs is 1. The fraction of sp³-hybridized carbons (Fsp3) is 0.111. The van der Waals surface area contributed by atoms with Crippen LogP contribution in [0.3, 0.4) is 0 Å². The Morgan fingerprint density at radius 1 is 1.13 bits per heavy atom. The van der Waals surface area contributed by atoms with Crippen molar-refractivity contribution in [2.75, 3.05) is 11.6 Å². The minimum atomic E-state index is -0.936. The number of hydrogen-bond donors (Lipinski definition) is 1. The van der Waals surface area contributed by atoms with Crippen LogP contribution in [0.5, 0.6) is 0 Å². The van der Waals surface area contributed by atoms with Crippen LogP contribution in [-0.4, -0.2) is 21.4 Å². The third-order valence-corrected chi connectivity index (χ3v) is 4.18. The number of nitrogens with zero attached hydrogens (tertiary/aromatic N) is 1. The molecular weight excluding hydrogens is 308 g/mol. The second-order valence-electron chi connectivity index (χ2n) is 5.25. The van der Waals surface area contributed by atoms with Gasteiger partial charge in [-0.1, -0.05) is 30.3 Å². The maximum absolute atomic E-state index is 12.5. The van der Waals surface area contributed by atoms with Crippen molar-refractivity contribution in [1.29, 1.82) is 0 Å². The van der Waals surface area contributed by atoms with E-state index >= 15 is 0 Å². The number of hydrogen-bond acceptors (Lipinski definition) is 3. The van der Waals surface area contributed by atoms with Gasteiger partial charge in [0.25, 0.3) is 5.91 Å². The molecule has 2 aromatic carbocycles. The summed E-state index contributed by atoms with van der Waals surface area (Å²) in [7, 11) is -0.936. The Bertz CT molecular complexity index is 888. The molecular formula is C18H16N2O2S. The number of aromatic nitrogens is 1. The summed E-state index contributed by atoms with van der Waals surface area (Å²) in [4.78, 5) is 16.8. The van der Waals surface area contributed by atoms with E-state index in [9.17, 15) is 9.00 Å². The maximum Gasteiger partial charge on any atom is 0.255 e. The fourth-order valence-electron chi connectivity index (χ4n) is 2.44. The summed E-state index contributed by atoms with van der Waals surface area (Å²) in [6, 6.07) is 16.7. The van der Waals surface area contributed by atoms with Gasteiger partial charge in [0.1, 0.15) is 0 Å². The molecule has 0 fully saturated rings. The van der Waals surface area contributed by atoms with Crippen molar-refractivity contribution in [3.63, 3.8) is 0 Å². The van der Waals surface area contributed by atoms with Crippen LogP contribution >= 0.6 is 0 Å². The van der Waals surface area contributed by atoms with Crippen molar-refractivity contribution in [2.24, 2.45) is 0 Å². The first-order chi connectivity index (χ1) is 11.1. The molecule has 0 spiro atoms. The average molecular weight is 324 g/mol. The van der Waals surface area contributed by atoms with Crippen molar-refractivity contribution in [2.45, 2.75) is 5.75 Å². The van der Waals surface area contributed by atoms with E-state index in [0.717, 1.165) is 16.5 Å². The van der Waals surface area contributed by atoms with Crippen molar-refractivity contribution in [3.05, 3.63) is 71.9 Å². The average Bonchev–Trinajstić information content (AvgIpc) is 2.55. The highest BCUT2D eigenvalue weighted by atomic mass is 32.2. The SMILES string of the molecule is CS(=O)Cc1cccc(C(=O)Nc2cccc3cccnc23)c1. The quantitative estimate of drug-likeness (QED) is 0.800. The largest absolute Gasteiger partial charge is 0.320 e. The minimum absolute atomic E-state index is 0.202. The number of amides is 1. The standard InChI is InChI=1S/C18H16N2O2S/c1-23(22)12-13-5-2-7-15(11-13)18(21)20-16-9-3-6-14-8-4-10-19-17(14)16/h2-11H,12H2,1H3,(H,20,21). The van der Waals surface area contributed by atoms with E-state index in [1.165, 1.54) is 0 Å². The van der Waals surface area contributed by atoms with Crippen LogP contribution in [0.2, 0.25) is 0 Å². The molecule has 3 aromatic rings. The normalized spacial score (nSPS) is 12.0. The lowest BCUT2D eigenvalue weighted by molar-refractivity contribution is 0.102. The van der Waals surface area contributed by atoms with Gasteiger partial charge >= 0.3 is 0 Å². The summed E-state index contributed by atoms with van der Waals surface area (Å²) in [5.41, 5.74) is 2.86. The van der Waals surface area contributed by atoms with Crippen LogP contribution < -0.4 is 5.32 Å². The van der Waals surface area contributed by atoms with Gasteiger partial charge in [0.05, 0.1) is 11.2 Å². The smallest absolute Gasteiger partial charge is 0.255 e. The third-order valence-electron chi connectivity index (χ3n) is 3.44. The van der Waals surface area contributed by atoms with Crippen molar-refractivity contribution in [3.8, 4) is 0 Å². The predicted octanol–water partition coefficient (Wildman–Crippen LogP) is 3.37. The molecule has 1 heterocycles. The van der Waals surface area contributed by atoms with Crippen LogP contribution in [-0.2, 0) is 16.6 Å². The van der Waals surface area contributed by atoms with Crippen LogP contribution in [0.1, 0.15) is 15.9 Å². The number of nitrogens with one attached hydrogen (secondary N) is 1. The van der Waals surface area contributed by atoms with Gasteiger partial charge in [-0.25, -0.2) is 0 Å². The van der Waals surface area contributed by atoms with E-state index in [1.807, 2.05) is 36.4 Å². The molecule has 1 amide bonds. The molecule has 0 saturated heterocycles. The number of anilines is 1. The molecule has 1 unspecified atom stereocenters. The molecule has 116 valence electrons. The third kappa shape index (κ3) is 3.63. The van der Waals surface area contributed by atoms with E-state index in [4.69, 9.17) is 0 Å². The zero-order valence-electron chi connectivity index (χ0n) is 12.7. The number of pyridine rings is 1. The van der Waals surface area contributed by atoms with Gasteiger partial charge in [-0.05, 0) is 29.8 Å². The summed E-state index contributed by atoms with van der Waals surface area (Å²) in [6.07, 6.45) is 3.35. The number of para-hydroxylation sites is 1. The van der Waals surface area contributed by atoms with Crippen LogP contribution in [0.15, 0.2) is 60.8 Å². The molecule has 0 radical (unpaired) electrons. The Hall–Kier alpha value is -2.53. The van der Waals surface area contributed by atoms with E-state index in [-0.39, 0.29) is 5.91 Å². The zero-order chi connectivity index (χ0) is 16.2. The lowest BCUT2D eigenvalue weighted by atomic mass is 10.1. The van der Waals surface area contributed by atoms with E-state index in [2.05, 4.69) is 10.3 Å². The van der Waals surface area contributed by atoms with E-state index in [0.29, 0.717) is 17.0 Å². The van der Waals surface area contributed by atoms with Gasteiger partial charge < -0.3 is 5.32 Å². The molecule has 0 aliphatic rings. The van der Waals surface area contributed by atoms with E-state index < -0.39 is 10.8 Å². The highest BCUT2D eigenvalue weighted by molar-refractivity contribution is 7.83. The maximum atomic E-state index is 12.5. The molecule has 23 heavy (non-hydrogen) atoms. The van der Waals surface area contributed by atoms with Gasteiger partial charge in [-0.2, -0.15) is 0 Å². The Balaban J connectivity index is 1.88. The van der Waals surface area contributed by atoms with E-state index in [1.54, 1.807) is 30.7 Å². The highest BCUT2D eigenvalue weighted by Gasteiger charge is 2.10. The Kier molecular flexibility index (Phi) is 4.48. The van der Waals surface area contributed by atoms with Crippen molar-refractivity contribution in [1.82, 2.24) is 4.98 Å². The Morgan fingerprint density at radius 3 is 2.74 bits per heavy atom. The number of benzene rings is 2. The molecule has 4 nitrogen and oxygen atoms in total. The molecule has 0 saturated carbocycles. The summed E-state index contributed by atoms with van der Waals surface area (Å²) >= 11 is 0. The number of carbonyl (C=O) groups is 1. The first-order valence-electron chi connectivity index (χ1n) is 7.17. The highest BCUT2D eigenvalue weighted by Crippen LogP contribution is 2.21. The summed E-state index contributed by atoms with van der Waals surface area (Å²) in [5, 5.41) is 3.88. The topological polar surface area (TPSA) is 59.1 Å². The molecule has 0 aliphatic heterocycles. The monoisotopic (exact) mass is 324 g/mol. The van der Waals surface area contributed by atoms with Gasteiger partial charge in [0, 0.05) is 40.0 Å². The summed E-state index contributed by atoms with van der Waals surface area (Å²) < 4.78 is 11.3. The van der Waals surface area contributed by atoms with Gasteiger partial charge in [-0.15, -0.1) is 0 Å². The van der Waals surface area contributed by atoms with Crippen LogP contribution in [0.25, 0.3) is 10.9 Å². The van der Waals surface area contributed by atoms with Gasteiger partial charge in [0.15, 0.2) is 0 Å². The molecule has 3 rings (SSSR count). The first kappa shape index (κ1) is 15.4. The zero-order valence-corrected chi connectivity index (χ0v) is 13.5. The van der Waals surface area contributed by atoms with Crippen molar-refractivity contribution >= 4 is 33.3 Å². The Morgan fingerprint density at radius 2 is 1.91 bits per heavy atom. The summed E-state index contributed by atoms with van der Waals surface area (Å²) in [6.45, 7) is 0. The molecule has 1 N–H and O–H groups in total. The molecule has 5 heteroatoms. The van der Waals surface area contributed by atoms with Crippen LogP contribution in [0, 0.1) is 0 Å². The first-order valence-corrected chi connectivity index (χ1v) is 8.90. The molecule has 0 aliphatic carbocycles. The second-order valence-corrected chi connectivity index (χ2v) is 6.69. The van der Waals surface area contributed by atoms with Gasteiger partial charge in [-0.3, -0.25) is 14.0 Å². The minimum Gasteiger partial charge on any atom is -0.320 e. The molecule has 1 aromatic heterocycles. The number of carbonyl (C=O) groups excluding carboxylic acids is 1. The predicted molar refractivity (Wildman–Crippen MR) is 93.9 cm³/mol. The number of rotatable bonds is 4. The lowest BCUT2D eigenvalue weighted by Gasteiger charge is -2.09. The van der Waals surface area contributed by atoms with Crippen molar-refractivity contribution < 1.29 is 9.00 Å². The lowest BCUT2D eigenvalue weighted by Crippen LogP contribution is -2.12. The second kappa shape index (κ2) is 6.71. The van der Waals surface area contributed by atoms with Gasteiger partial charge in [0.2, 0.25) is 0 Å². The Labute approximate surface area is 137 Å².